The van der Waals surface area contributed by atoms with Gasteiger partial charge in [-0.2, -0.15) is 5.10 Å². The van der Waals surface area contributed by atoms with Gasteiger partial charge in [0, 0.05) is 23.9 Å². The van der Waals surface area contributed by atoms with Crippen molar-refractivity contribution in [3.8, 4) is 17.2 Å². The molecule has 1 aromatic carbocycles. The van der Waals surface area contributed by atoms with Crippen molar-refractivity contribution in [2.75, 3.05) is 21.3 Å². The highest BCUT2D eigenvalue weighted by molar-refractivity contribution is 5.95. The maximum Gasteiger partial charge on any atom is 0.255 e. The number of carbonyl (C=O) groups is 1. The lowest BCUT2D eigenvalue weighted by Crippen LogP contribution is -2.26. The van der Waals surface area contributed by atoms with Crippen LogP contribution in [0.2, 0.25) is 0 Å². The molecule has 0 aliphatic rings. The maximum atomic E-state index is 12.6. The summed E-state index contributed by atoms with van der Waals surface area (Å²) in [6.45, 7) is 8.32. The molecule has 2 aromatic rings. The van der Waals surface area contributed by atoms with Crippen molar-refractivity contribution in [2.24, 2.45) is 0 Å². The smallest absolute Gasteiger partial charge is 0.255 e. The highest BCUT2D eigenvalue weighted by Crippen LogP contribution is 2.34. The molecule has 1 amide bonds. The molecular formula is C19H27N3O4. The van der Waals surface area contributed by atoms with Crippen LogP contribution in [0.3, 0.4) is 0 Å². The van der Waals surface area contributed by atoms with E-state index >= 15 is 0 Å². The lowest BCUT2D eigenvalue weighted by Gasteiger charge is -2.21. The summed E-state index contributed by atoms with van der Waals surface area (Å²) in [4.78, 5) is 12.6. The molecule has 0 unspecified atom stereocenters. The van der Waals surface area contributed by atoms with Crippen LogP contribution in [0.15, 0.2) is 18.3 Å². The molecule has 0 fully saturated rings. The SMILES string of the molecule is COc1cc(OC)c(OC)cc1CNC(=O)c1cnn(C(C)(C)C)c1C. The van der Waals surface area contributed by atoms with E-state index < -0.39 is 0 Å². The highest BCUT2D eigenvalue weighted by Gasteiger charge is 2.21. The largest absolute Gasteiger partial charge is 0.496 e. The molecule has 7 heteroatoms. The molecule has 142 valence electrons. The monoisotopic (exact) mass is 361 g/mol. The minimum absolute atomic E-state index is 0.185. The second-order valence-corrected chi connectivity index (χ2v) is 6.93. The van der Waals surface area contributed by atoms with Crippen LogP contribution in [0.1, 0.15) is 42.4 Å². The molecule has 0 saturated heterocycles. The van der Waals surface area contributed by atoms with Gasteiger partial charge in [0.05, 0.1) is 38.6 Å². The number of nitrogens with zero attached hydrogens (tertiary/aromatic N) is 2. The second-order valence-electron chi connectivity index (χ2n) is 6.93. The molecule has 0 radical (unpaired) electrons. The van der Waals surface area contributed by atoms with Crippen molar-refractivity contribution in [3.05, 3.63) is 35.2 Å². The lowest BCUT2D eigenvalue weighted by atomic mass is 10.1. The van der Waals surface area contributed by atoms with E-state index in [-0.39, 0.29) is 11.4 Å². The fraction of sp³-hybridized carbons (Fsp3) is 0.474. The average Bonchev–Trinajstić information content (AvgIpc) is 3.00. The molecule has 26 heavy (non-hydrogen) atoms. The van der Waals surface area contributed by atoms with Crippen molar-refractivity contribution in [1.29, 1.82) is 0 Å². The third-order valence-electron chi connectivity index (χ3n) is 4.12. The first-order chi connectivity index (χ1) is 12.2. The molecular weight excluding hydrogens is 334 g/mol. The molecule has 1 N–H and O–H groups in total. The zero-order valence-electron chi connectivity index (χ0n) is 16.5. The number of carbonyl (C=O) groups excluding carboxylic acids is 1. The van der Waals surface area contributed by atoms with E-state index in [0.717, 1.165) is 11.3 Å². The van der Waals surface area contributed by atoms with Crippen molar-refractivity contribution in [1.82, 2.24) is 15.1 Å². The van der Waals surface area contributed by atoms with E-state index in [1.54, 1.807) is 39.7 Å². The van der Waals surface area contributed by atoms with Crippen LogP contribution in [0.25, 0.3) is 0 Å². The Morgan fingerprint density at radius 3 is 2.15 bits per heavy atom. The average molecular weight is 361 g/mol. The molecule has 0 atom stereocenters. The van der Waals surface area contributed by atoms with Crippen molar-refractivity contribution in [2.45, 2.75) is 39.8 Å². The molecule has 2 rings (SSSR count). The number of hydrogen-bond acceptors (Lipinski definition) is 5. The molecule has 0 spiro atoms. The molecule has 1 heterocycles. The first kappa shape index (κ1) is 19.6. The predicted octanol–water partition coefficient (Wildman–Crippen LogP) is 2.90. The number of amides is 1. The van der Waals surface area contributed by atoms with E-state index in [1.165, 1.54) is 0 Å². The Kier molecular flexibility index (Phi) is 5.79. The number of nitrogens with one attached hydrogen (secondary N) is 1. The molecule has 0 aliphatic carbocycles. The fourth-order valence-corrected chi connectivity index (χ4v) is 2.81. The summed E-state index contributed by atoms with van der Waals surface area (Å²) in [6, 6.07) is 3.53. The molecule has 0 bridgehead atoms. The third kappa shape index (κ3) is 3.92. The summed E-state index contributed by atoms with van der Waals surface area (Å²) < 4.78 is 17.8. The number of aromatic nitrogens is 2. The summed E-state index contributed by atoms with van der Waals surface area (Å²) in [5.41, 5.74) is 1.99. The van der Waals surface area contributed by atoms with Gasteiger partial charge in [0.25, 0.3) is 5.91 Å². The van der Waals surface area contributed by atoms with Gasteiger partial charge in [-0.3, -0.25) is 9.48 Å². The number of hydrogen-bond donors (Lipinski definition) is 1. The van der Waals surface area contributed by atoms with Crippen LogP contribution >= 0.6 is 0 Å². The van der Waals surface area contributed by atoms with Gasteiger partial charge >= 0.3 is 0 Å². The van der Waals surface area contributed by atoms with Crippen LogP contribution in [-0.2, 0) is 12.1 Å². The first-order valence-electron chi connectivity index (χ1n) is 8.35. The summed E-state index contributed by atoms with van der Waals surface area (Å²) in [5, 5.41) is 7.26. The van der Waals surface area contributed by atoms with Gasteiger partial charge in [-0.1, -0.05) is 0 Å². The summed E-state index contributed by atoms with van der Waals surface area (Å²) >= 11 is 0. The third-order valence-corrected chi connectivity index (χ3v) is 4.12. The van der Waals surface area contributed by atoms with E-state index in [0.29, 0.717) is 29.4 Å². The van der Waals surface area contributed by atoms with Crippen LogP contribution < -0.4 is 19.5 Å². The van der Waals surface area contributed by atoms with Gasteiger partial charge < -0.3 is 19.5 Å². The fourth-order valence-electron chi connectivity index (χ4n) is 2.81. The first-order valence-corrected chi connectivity index (χ1v) is 8.35. The van der Waals surface area contributed by atoms with Crippen LogP contribution in [-0.4, -0.2) is 37.0 Å². The molecule has 7 nitrogen and oxygen atoms in total. The minimum Gasteiger partial charge on any atom is -0.496 e. The Labute approximate surface area is 154 Å². The van der Waals surface area contributed by atoms with E-state index in [4.69, 9.17) is 14.2 Å². The highest BCUT2D eigenvalue weighted by atomic mass is 16.5. The van der Waals surface area contributed by atoms with Gasteiger partial charge in [-0.15, -0.1) is 0 Å². The Morgan fingerprint density at radius 1 is 1.08 bits per heavy atom. The number of benzene rings is 1. The Hall–Kier alpha value is -2.70. The Balaban J connectivity index is 2.21. The number of rotatable bonds is 6. The van der Waals surface area contributed by atoms with E-state index in [2.05, 4.69) is 10.4 Å². The van der Waals surface area contributed by atoms with E-state index in [9.17, 15) is 4.79 Å². The molecule has 0 aliphatic heterocycles. The van der Waals surface area contributed by atoms with Crippen LogP contribution in [0.5, 0.6) is 17.2 Å². The van der Waals surface area contributed by atoms with Crippen molar-refractivity contribution < 1.29 is 19.0 Å². The standard InChI is InChI=1S/C19H27N3O4/c1-12-14(11-21-22(12)19(2,3)4)18(23)20-10-13-8-16(25-6)17(26-7)9-15(13)24-5/h8-9,11H,10H2,1-7H3,(H,20,23). The van der Waals surface area contributed by atoms with Crippen molar-refractivity contribution in [3.63, 3.8) is 0 Å². The Morgan fingerprint density at radius 2 is 1.65 bits per heavy atom. The maximum absolute atomic E-state index is 12.6. The van der Waals surface area contributed by atoms with Gasteiger partial charge in [0.2, 0.25) is 0 Å². The van der Waals surface area contributed by atoms with E-state index in [1.807, 2.05) is 32.4 Å². The van der Waals surface area contributed by atoms with Crippen molar-refractivity contribution >= 4 is 5.91 Å². The number of ether oxygens (including phenoxy) is 3. The second kappa shape index (κ2) is 7.68. The zero-order valence-corrected chi connectivity index (χ0v) is 16.5. The molecule has 1 aromatic heterocycles. The van der Waals surface area contributed by atoms with Gasteiger partial charge in [-0.05, 0) is 33.8 Å². The normalized spacial score (nSPS) is 11.2. The lowest BCUT2D eigenvalue weighted by molar-refractivity contribution is 0.0949. The number of methoxy groups -OCH3 is 3. The summed E-state index contributed by atoms with van der Waals surface area (Å²) in [7, 11) is 4.70. The van der Waals surface area contributed by atoms with Gasteiger partial charge in [0.15, 0.2) is 11.5 Å². The van der Waals surface area contributed by atoms with Crippen LogP contribution in [0.4, 0.5) is 0 Å². The topological polar surface area (TPSA) is 74.6 Å². The summed E-state index contributed by atoms with van der Waals surface area (Å²) in [6.07, 6.45) is 1.60. The summed E-state index contributed by atoms with van der Waals surface area (Å²) in [5.74, 6) is 1.58. The molecule has 0 saturated carbocycles. The van der Waals surface area contributed by atoms with Crippen LogP contribution in [0, 0.1) is 6.92 Å². The predicted molar refractivity (Wildman–Crippen MR) is 99.2 cm³/mol. The minimum atomic E-state index is -0.185. The Bertz CT molecular complexity index is 791. The quantitative estimate of drug-likeness (QED) is 0.856. The zero-order chi connectivity index (χ0) is 19.5. The van der Waals surface area contributed by atoms with Gasteiger partial charge in [0.1, 0.15) is 5.75 Å². The van der Waals surface area contributed by atoms with Gasteiger partial charge in [-0.25, -0.2) is 0 Å².